The van der Waals surface area contributed by atoms with E-state index < -0.39 is 0 Å². The van der Waals surface area contributed by atoms with E-state index in [1.54, 1.807) is 0 Å². The van der Waals surface area contributed by atoms with Gasteiger partial charge in [0.05, 0.1) is 12.2 Å². The monoisotopic (exact) mass is 384 g/mol. The highest BCUT2D eigenvalue weighted by molar-refractivity contribution is 6.18. The van der Waals surface area contributed by atoms with Gasteiger partial charge in [-0.3, -0.25) is 0 Å². The highest BCUT2D eigenvalue weighted by Gasteiger charge is 2.33. The number of fused-ring (bicyclic) bond motifs is 1. The van der Waals surface area contributed by atoms with Crippen molar-refractivity contribution >= 4 is 29.0 Å². The van der Waals surface area contributed by atoms with Crippen LogP contribution in [-0.2, 0) is 15.1 Å². The molecule has 0 radical (unpaired) electrons. The number of rotatable bonds is 12. The predicted octanol–water partition coefficient (Wildman–Crippen LogP) is 6.50. The molecule has 1 atom stereocenters. The molecule has 4 heteroatoms. The van der Waals surface area contributed by atoms with Gasteiger partial charge in [0.1, 0.15) is 5.76 Å². The molecule has 1 aromatic carbocycles. The Morgan fingerprint density at radius 3 is 2.32 bits per heavy atom. The molecule has 0 aliphatic heterocycles. The van der Waals surface area contributed by atoms with E-state index >= 15 is 0 Å². The Balaban J connectivity index is 1.95. The minimum Gasteiger partial charge on any atom is -0.493 e. The number of hydrogen-bond acceptors (Lipinski definition) is 2. The molecule has 0 N–H and O–H groups in total. The summed E-state index contributed by atoms with van der Waals surface area (Å²) in [5.74, 6) is 2.45. The number of hydrogen-bond donors (Lipinski definition) is 0. The highest BCUT2D eigenvalue weighted by atomic mass is 35.5. The van der Waals surface area contributed by atoms with Crippen LogP contribution < -0.4 is 0 Å². The molecule has 0 saturated carbocycles. The summed E-state index contributed by atoms with van der Waals surface area (Å²) >= 11 is 11.5. The summed E-state index contributed by atoms with van der Waals surface area (Å²) in [5, 5.41) is 0. The summed E-state index contributed by atoms with van der Waals surface area (Å²) < 4.78 is 12.3. The van der Waals surface area contributed by atoms with Crippen molar-refractivity contribution in [2.24, 2.45) is 0 Å². The second-order valence-electron chi connectivity index (χ2n) is 6.75. The van der Waals surface area contributed by atoms with Gasteiger partial charge in [0.15, 0.2) is 0 Å². The zero-order valence-corrected chi connectivity index (χ0v) is 16.7. The van der Waals surface area contributed by atoms with E-state index in [1.165, 1.54) is 5.56 Å². The van der Waals surface area contributed by atoms with Gasteiger partial charge in [-0.1, -0.05) is 24.3 Å². The third kappa shape index (κ3) is 6.20. The number of alkyl halides is 2. The van der Waals surface area contributed by atoms with E-state index in [0.717, 1.165) is 81.2 Å². The van der Waals surface area contributed by atoms with Gasteiger partial charge < -0.3 is 9.47 Å². The summed E-state index contributed by atoms with van der Waals surface area (Å²) in [6.07, 6.45) is 9.46. The van der Waals surface area contributed by atoms with Crippen molar-refractivity contribution in [3.63, 3.8) is 0 Å². The van der Waals surface area contributed by atoms with Crippen molar-refractivity contribution in [1.29, 1.82) is 0 Å². The first kappa shape index (κ1) is 20.6. The summed E-state index contributed by atoms with van der Waals surface area (Å²) in [7, 11) is 0. The first-order chi connectivity index (χ1) is 12.2. The normalized spacial score (nSPS) is 19.4. The van der Waals surface area contributed by atoms with Crippen LogP contribution in [-0.4, -0.2) is 25.0 Å². The molecule has 0 bridgehead atoms. The zero-order chi connectivity index (χ0) is 18.0. The smallest absolute Gasteiger partial charge is 0.123 e. The lowest BCUT2D eigenvalue weighted by atomic mass is 9.83. The Bertz CT molecular complexity index is 544. The van der Waals surface area contributed by atoms with Gasteiger partial charge in [0.2, 0.25) is 0 Å². The third-order valence-electron chi connectivity index (χ3n) is 4.67. The Hall–Kier alpha value is -0.700. The van der Waals surface area contributed by atoms with Crippen LogP contribution in [0.3, 0.4) is 0 Å². The van der Waals surface area contributed by atoms with Gasteiger partial charge in [0.25, 0.3) is 0 Å². The number of ether oxygens (including phenoxy) is 2. The Morgan fingerprint density at radius 1 is 0.920 bits per heavy atom. The maximum atomic E-state index is 6.29. The summed E-state index contributed by atoms with van der Waals surface area (Å²) in [4.78, 5) is 0. The molecule has 0 amide bonds. The van der Waals surface area contributed by atoms with E-state index in [9.17, 15) is 0 Å². The SMILES string of the molecule is CC1(OCCCCCCl)CC=C(OCCCCCCl)c2ccccc21. The largest absolute Gasteiger partial charge is 0.493 e. The zero-order valence-electron chi connectivity index (χ0n) is 15.2. The Labute approximate surface area is 162 Å². The van der Waals surface area contributed by atoms with Crippen LogP contribution in [0.25, 0.3) is 5.76 Å². The van der Waals surface area contributed by atoms with Crippen LogP contribution in [0.1, 0.15) is 63.0 Å². The van der Waals surface area contributed by atoms with Crippen LogP contribution in [0.5, 0.6) is 0 Å². The second-order valence-corrected chi connectivity index (χ2v) is 7.50. The Kier molecular flexibility index (Phi) is 9.16. The van der Waals surface area contributed by atoms with Gasteiger partial charge in [0, 0.05) is 30.4 Å². The van der Waals surface area contributed by atoms with Gasteiger partial charge in [-0.15, -0.1) is 23.2 Å². The quantitative estimate of drug-likeness (QED) is 0.302. The first-order valence-corrected chi connectivity index (χ1v) is 10.5. The second kappa shape index (κ2) is 11.1. The number of halogens is 2. The lowest BCUT2D eigenvalue weighted by Crippen LogP contribution is -2.30. The van der Waals surface area contributed by atoms with Gasteiger partial charge in [-0.05, 0) is 57.1 Å². The molecule has 0 aromatic heterocycles. The van der Waals surface area contributed by atoms with Crippen LogP contribution >= 0.6 is 23.2 Å². The van der Waals surface area contributed by atoms with Crippen molar-refractivity contribution in [1.82, 2.24) is 0 Å². The molecule has 2 rings (SSSR count). The average molecular weight is 385 g/mol. The fourth-order valence-electron chi connectivity index (χ4n) is 3.17. The average Bonchev–Trinajstić information content (AvgIpc) is 2.63. The molecule has 2 nitrogen and oxygen atoms in total. The molecule has 1 unspecified atom stereocenters. The third-order valence-corrected chi connectivity index (χ3v) is 5.21. The fraction of sp³-hybridized carbons (Fsp3) is 0.619. The topological polar surface area (TPSA) is 18.5 Å². The molecule has 0 heterocycles. The summed E-state index contributed by atoms with van der Waals surface area (Å²) in [5.41, 5.74) is 2.11. The maximum Gasteiger partial charge on any atom is 0.123 e. The van der Waals surface area contributed by atoms with Crippen molar-refractivity contribution < 1.29 is 9.47 Å². The van der Waals surface area contributed by atoms with Crippen molar-refractivity contribution in [2.45, 2.75) is 57.5 Å². The lowest BCUT2D eigenvalue weighted by Gasteiger charge is -2.35. The maximum absolute atomic E-state index is 6.29. The van der Waals surface area contributed by atoms with E-state index in [-0.39, 0.29) is 5.60 Å². The predicted molar refractivity (Wildman–Crippen MR) is 107 cm³/mol. The summed E-state index contributed by atoms with van der Waals surface area (Å²) in [6, 6.07) is 8.44. The number of unbranched alkanes of at least 4 members (excludes halogenated alkanes) is 4. The lowest BCUT2D eigenvalue weighted by molar-refractivity contribution is -0.0377. The van der Waals surface area contributed by atoms with E-state index in [2.05, 4.69) is 37.3 Å². The molecular formula is C21H30Cl2O2. The molecule has 0 fully saturated rings. The standard InChI is InChI=1S/C21H30Cl2O2/c1-21(25-17-9-3-7-15-23)13-12-20(24-16-8-2-6-14-22)18-10-4-5-11-19(18)21/h4-5,10-12H,2-3,6-9,13-17H2,1H3. The molecule has 1 aromatic rings. The molecule has 1 aliphatic rings. The first-order valence-electron chi connectivity index (χ1n) is 9.40. The molecule has 0 saturated heterocycles. The fourth-order valence-corrected chi connectivity index (χ4v) is 3.54. The molecule has 0 spiro atoms. The van der Waals surface area contributed by atoms with Crippen molar-refractivity contribution in [2.75, 3.05) is 25.0 Å². The van der Waals surface area contributed by atoms with E-state index in [1.807, 2.05) is 0 Å². The minimum absolute atomic E-state index is 0.275. The molecule has 1 aliphatic carbocycles. The van der Waals surface area contributed by atoms with Crippen LogP contribution in [0.2, 0.25) is 0 Å². The van der Waals surface area contributed by atoms with Crippen LogP contribution in [0.4, 0.5) is 0 Å². The Morgan fingerprint density at radius 2 is 1.60 bits per heavy atom. The van der Waals surface area contributed by atoms with Gasteiger partial charge in [-0.25, -0.2) is 0 Å². The highest BCUT2D eigenvalue weighted by Crippen LogP contribution is 2.40. The van der Waals surface area contributed by atoms with Gasteiger partial charge in [-0.2, -0.15) is 0 Å². The molecule has 140 valence electrons. The number of benzene rings is 1. The van der Waals surface area contributed by atoms with Crippen LogP contribution in [0, 0.1) is 0 Å². The van der Waals surface area contributed by atoms with E-state index in [4.69, 9.17) is 32.7 Å². The van der Waals surface area contributed by atoms with Gasteiger partial charge >= 0.3 is 0 Å². The molecular weight excluding hydrogens is 355 g/mol. The minimum atomic E-state index is -0.275. The van der Waals surface area contributed by atoms with Crippen molar-refractivity contribution in [3.05, 3.63) is 41.5 Å². The van der Waals surface area contributed by atoms with Crippen molar-refractivity contribution in [3.8, 4) is 0 Å². The summed E-state index contributed by atoms with van der Waals surface area (Å²) in [6.45, 7) is 3.69. The molecule has 25 heavy (non-hydrogen) atoms. The van der Waals surface area contributed by atoms with E-state index in [0.29, 0.717) is 0 Å². The van der Waals surface area contributed by atoms with Crippen LogP contribution in [0.15, 0.2) is 30.3 Å².